The van der Waals surface area contributed by atoms with Crippen LogP contribution >= 0.6 is 0 Å². The van der Waals surface area contributed by atoms with Gasteiger partial charge in [-0.15, -0.1) is 10.2 Å². The van der Waals surface area contributed by atoms with E-state index < -0.39 is 0 Å². The first-order valence-corrected chi connectivity index (χ1v) is 9.31. The summed E-state index contributed by atoms with van der Waals surface area (Å²) in [6.45, 7) is 6.62. The van der Waals surface area contributed by atoms with Crippen molar-refractivity contribution in [2.24, 2.45) is 5.92 Å². The van der Waals surface area contributed by atoms with E-state index >= 15 is 0 Å². The molecule has 8 heteroatoms. The quantitative estimate of drug-likeness (QED) is 0.748. The number of ether oxygens (including phenoxy) is 1. The summed E-state index contributed by atoms with van der Waals surface area (Å²) in [7, 11) is 0. The molecular weight excluding hydrogens is 344 g/mol. The highest BCUT2D eigenvalue weighted by Crippen LogP contribution is 2.35. The van der Waals surface area contributed by atoms with Crippen LogP contribution in [-0.2, 0) is 9.53 Å². The average Bonchev–Trinajstić information content (AvgIpc) is 3.38. The van der Waals surface area contributed by atoms with E-state index in [1.807, 2.05) is 46.5 Å². The van der Waals surface area contributed by atoms with Crippen LogP contribution in [0.15, 0.2) is 36.7 Å². The molecule has 1 N–H and O–H groups in total. The Kier molecular flexibility index (Phi) is 4.65. The van der Waals surface area contributed by atoms with E-state index in [-0.39, 0.29) is 30.0 Å². The van der Waals surface area contributed by atoms with E-state index in [2.05, 4.69) is 34.5 Å². The summed E-state index contributed by atoms with van der Waals surface area (Å²) < 4.78 is 9.72. The second-order valence-electron chi connectivity index (χ2n) is 7.20. The van der Waals surface area contributed by atoms with Crippen molar-refractivity contribution >= 4 is 11.6 Å². The van der Waals surface area contributed by atoms with Crippen LogP contribution in [0.25, 0.3) is 5.65 Å². The molecule has 1 aliphatic heterocycles. The van der Waals surface area contributed by atoms with E-state index in [1.54, 1.807) is 6.20 Å². The predicted molar refractivity (Wildman–Crippen MR) is 99.0 cm³/mol. The first-order chi connectivity index (χ1) is 13.1. The van der Waals surface area contributed by atoms with Gasteiger partial charge in [0.15, 0.2) is 11.5 Å². The summed E-state index contributed by atoms with van der Waals surface area (Å²) >= 11 is 0. The second-order valence-corrected chi connectivity index (χ2v) is 7.20. The van der Waals surface area contributed by atoms with E-state index in [4.69, 9.17) is 4.74 Å². The highest BCUT2D eigenvalue weighted by atomic mass is 16.5. The number of hydrogen-bond acceptors (Lipinski definition) is 5. The van der Waals surface area contributed by atoms with Gasteiger partial charge in [0, 0.05) is 25.0 Å². The number of fused-ring (bicyclic) bond motifs is 1. The van der Waals surface area contributed by atoms with E-state index in [9.17, 15) is 4.79 Å². The lowest BCUT2D eigenvalue weighted by molar-refractivity contribution is -0.127. The maximum Gasteiger partial charge on any atom is 0.226 e. The Balaban J connectivity index is 1.52. The van der Waals surface area contributed by atoms with Crippen molar-refractivity contribution in [2.75, 3.05) is 6.61 Å². The van der Waals surface area contributed by atoms with Crippen molar-refractivity contribution in [1.82, 2.24) is 29.7 Å². The molecule has 3 aromatic heterocycles. The second kappa shape index (κ2) is 7.11. The number of carbonyl (C=O) groups excluding carboxylic acids is 1. The predicted octanol–water partition coefficient (Wildman–Crippen LogP) is 2.46. The number of amides is 1. The number of pyridine rings is 1. The first-order valence-electron chi connectivity index (χ1n) is 9.31. The molecule has 8 nitrogen and oxygen atoms in total. The molecule has 1 fully saturated rings. The fourth-order valence-electron chi connectivity index (χ4n) is 3.67. The third-order valence-corrected chi connectivity index (χ3v) is 5.00. The lowest BCUT2D eigenvalue weighted by Gasteiger charge is -2.22. The molecule has 0 aliphatic carbocycles. The largest absolute Gasteiger partial charge is 0.371 e. The summed E-state index contributed by atoms with van der Waals surface area (Å²) in [5.74, 6) is 0.427. The Hall–Kier alpha value is -2.74. The third-order valence-electron chi connectivity index (χ3n) is 5.00. The van der Waals surface area contributed by atoms with Crippen LogP contribution in [0, 0.1) is 5.92 Å². The van der Waals surface area contributed by atoms with Gasteiger partial charge in [-0.1, -0.05) is 6.07 Å². The van der Waals surface area contributed by atoms with Crippen LogP contribution in [0.4, 0.5) is 0 Å². The topological polar surface area (TPSA) is 86.3 Å². The van der Waals surface area contributed by atoms with Crippen LogP contribution in [0.3, 0.4) is 0 Å². The van der Waals surface area contributed by atoms with Gasteiger partial charge >= 0.3 is 0 Å². The number of carbonyl (C=O) groups is 1. The molecule has 0 radical (unpaired) electrons. The van der Waals surface area contributed by atoms with Gasteiger partial charge in [-0.3, -0.25) is 13.9 Å². The Labute approximate surface area is 157 Å². The van der Waals surface area contributed by atoms with Gasteiger partial charge in [0.2, 0.25) is 5.91 Å². The van der Waals surface area contributed by atoms with Crippen molar-refractivity contribution in [3.63, 3.8) is 0 Å². The number of rotatable bonds is 5. The molecule has 3 aromatic rings. The van der Waals surface area contributed by atoms with Crippen molar-refractivity contribution in [2.45, 2.75) is 45.4 Å². The highest BCUT2D eigenvalue weighted by molar-refractivity contribution is 5.80. The molecule has 1 aliphatic rings. The fraction of sp³-hybridized carbons (Fsp3) is 0.474. The Bertz CT molecular complexity index is 946. The van der Waals surface area contributed by atoms with Gasteiger partial charge < -0.3 is 10.1 Å². The molecule has 1 amide bonds. The van der Waals surface area contributed by atoms with E-state index in [0.29, 0.717) is 18.9 Å². The summed E-state index contributed by atoms with van der Waals surface area (Å²) in [5, 5.41) is 15.8. The lowest BCUT2D eigenvalue weighted by Crippen LogP contribution is -2.35. The van der Waals surface area contributed by atoms with Crippen LogP contribution in [0.1, 0.15) is 56.9 Å². The summed E-state index contributed by atoms with van der Waals surface area (Å²) in [4.78, 5) is 13.0. The van der Waals surface area contributed by atoms with Crippen LogP contribution in [0.5, 0.6) is 0 Å². The maximum atomic E-state index is 13.0. The van der Waals surface area contributed by atoms with Crippen molar-refractivity contribution in [3.8, 4) is 0 Å². The highest BCUT2D eigenvalue weighted by Gasteiger charge is 2.38. The maximum absolute atomic E-state index is 13.0. The Morgan fingerprint density at radius 2 is 2.11 bits per heavy atom. The van der Waals surface area contributed by atoms with Gasteiger partial charge in [-0.25, -0.2) is 0 Å². The fourth-order valence-corrected chi connectivity index (χ4v) is 3.67. The molecule has 0 spiro atoms. The van der Waals surface area contributed by atoms with Crippen molar-refractivity contribution < 1.29 is 9.53 Å². The molecule has 142 valence electrons. The van der Waals surface area contributed by atoms with Gasteiger partial charge in [-0.05, 0) is 45.4 Å². The SMILES string of the molecule is CC(C)n1nccc1[C@H]1OCC[C@@H]1C(=O)N[C@H](C)c1nnc2ccccn12. The number of nitrogens with one attached hydrogen (secondary N) is 1. The monoisotopic (exact) mass is 368 g/mol. The van der Waals surface area contributed by atoms with Crippen LogP contribution in [0.2, 0.25) is 0 Å². The van der Waals surface area contributed by atoms with Crippen LogP contribution in [-0.4, -0.2) is 36.9 Å². The van der Waals surface area contributed by atoms with Gasteiger partial charge in [0.05, 0.1) is 17.7 Å². The Morgan fingerprint density at radius 1 is 1.26 bits per heavy atom. The smallest absolute Gasteiger partial charge is 0.226 e. The Morgan fingerprint density at radius 3 is 2.93 bits per heavy atom. The summed E-state index contributed by atoms with van der Waals surface area (Å²) in [5.41, 5.74) is 1.71. The van der Waals surface area contributed by atoms with Gasteiger partial charge in [0.1, 0.15) is 6.10 Å². The molecule has 1 saturated heterocycles. The van der Waals surface area contributed by atoms with Gasteiger partial charge in [0.25, 0.3) is 0 Å². The van der Waals surface area contributed by atoms with E-state index in [1.165, 1.54) is 0 Å². The number of hydrogen-bond donors (Lipinski definition) is 1. The molecular formula is C19H24N6O2. The minimum Gasteiger partial charge on any atom is -0.371 e. The molecule has 4 heterocycles. The standard InChI is InChI=1S/C19H24N6O2/c1-12(2)25-15(7-9-20-25)17-14(8-11-27-17)19(26)21-13(3)18-23-22-16-6-4-5-10-24(16)18/h4-7,9-10,12-14,17H,8,11H2,1-3H3,(H,21,26)/t13-,14+,17+/m1/s1. The van der Waals surface area contributed by atoms with Gasteiger partial charge in [-0.2, -0.15) is 5.10 Å². The zero-order valence-corrected chi connectivity index (χ0v) is 15.7. The molecule has 0 unspecified atom stereocenters. The third kappa shape index (κ3) is 3.21. The molecule has 0 bridgehead atoms. The average molecular weight is 368 g/mol. The molecule has 4 rings (SSSR count). The minimum absolute atomic E-state index is 0.0332. The lowest BCUT2D eigenvalue weighted by atomic mass is 9.97. The molecule has 0 saturated carbocycles. The summed E-state index contributed by atoms with van der Waals surface area (Å²) in [6.07, 6.45) is 4.07. The normalized spacial score (nSPS) is 21.0. The zero-order valence-electron chi connectivity index (χ0n) is 15.7. The molecule has 3 atom stereocenters. The van der Waals surface area contributed by atoms with E-state index in [0.717, 1.165) is 11.3 Å². The number of nitrogens with zero attached hydrogens (tertiary/aromatic N) is 5. The van der Waals surface area contributed by atoms with Crippen molar-refractivity contribution in [1.29, 1.82) is 0 Å². The first kappa shape index (κ1) is 17.7. The van der Waals surface area contributed by atoms with Crippen molar-refractivity contribution in [3.05, 3.63) is 48.2 Å². The summed E-state index contributed by atoms with van der Waals surface area (Å²) in [6, 6.07) is 7.61. The van der Waals surface area contributed by atoms with Crippen LogP contribution < -0.4 is 5.32 Å². The minimum atomic E-state index is -0.280. The zero-order chi connectivity index (χ0) is 19.0. The molecule has 27 heavy (non-hydrogen) atoms. The molecule has 0 aromatic carbocycles. The number of aromatic nitrogens is 5.